The highest BCUT2D eigenvalue weighted by Gasteiger charge is 2.38. The van der Waals surface area contributed by atoms with E-state index in [0.29, 0.717) is 39.3 Å². The van der Waals surface area contributed by atoms with Gasteiger partial charge in [-0.25, -0.2) is 4.57 Å². The number of nitrogens with one attached hydrogen (secondary N) is 3. The van der Waals surface area contributed by atoms with E-state index in [1.165, 1.54) is 0 Å². The fourth-order valence-electron chi connectivity index (χ4n) is 2.65. The Labute approximate surface area is 136 Å². The third-order valence-corrected chi connectivity index (χ3v) is 5.17. The molecule has 0 aromatic rings. The summed E-state index contributed by atoms with van der Waals surface area (Å²) in [4.78, 5) is 0. The molecular formula is C12H27N6O4P. The molecule has 0 amide bonds. The molecule has 23 heavy (non-hydrogen) atoms. The van der Waals surface area contributed by atoms with Gasteiger partial charge in [0.15, 0.2) is 0 Å². The van der Waals surface area contributed by atoms with Crippen LogP contribution in [-0.2, 0) is 18.4 Å². The first-order chi connectivity index (χ1) is 11.2. The summed E-state index contributed by atoms with van der Waals surface area (Å²) in [5.74, 6) is 0. The van der Waals surface area contributed by atoms with Gasteiger partial charge in [-0.05, 0) is 0 Å². The second kappa shape index (κ2) is 8.82. The van der Waals surface area contributed by atoms with Crippen molar-refractivity contribution in [1.29, 1.82) is 0 Å². The van der Waals surface area contributed by atoms with Crippen LogP contribution in [0, 0.1) is 0 Å². The summed E-state index contributed by atoms with van der Waals surface area (Å²) in [6.45, 7) is 8.67. The summed E-state index contributed by atoms with van der Waals surface area (Å²) in [5, 5.41) is 14.7. The minimum absolute atomic E-state index is 0.653. The van der Waals surface area contributed by atoms with E-state index in [2.05, 4.69) is 16.0 Å². The lowest BCUT2D eigenvalue weighted by atomic mass is 10.4. The van der Waals surface area contributed by atoms with Crippen LogP contribution in [0.3, 0.4) is 0 Å². The number of nitrogens with zero attached hydrogens (tertiary/aromatic N) is 3. The van der Waals surface area contributed by atoms with Gasteiger partial charge in [-0.2, -0.15) is 29.1 Å². The molecule has 3 rings (SSSR count). The minimum Gasteiger partial charge on any atom is -0.314 e. The molecule has 3 heterocycles. The molecule has 0 unspecified atom stereocenters. The van der Waals surface area contributed by atoms with Gasteiger partial charge in [-0.15, -0.1) is 0 Å². The smallest absolute Gasteiger partial charge is 0.314 e. The minimum atomic E-state index is -3.73. The van der Waals surface area contributed by atoms with Crippen LogP contribution in [0.15, 0.2) is 0 Å². The van der Waals surface area contributed by atoms with Crippen LogP contribution in [0.2, 0.25) is 0 Å². The quantitative estimate of drug-likeness (QED) is 0.497. The number of rotatable bonds is 6. The SMILES string of the molecule is O=P(ON1CCNCC1)(ON1CCNCC1)ON1CCNCC1. The van der Waals surface area contributed by atoms with Crippen molar-refractivity contribution in [3.05, 3.63) is 0 Å². The summed E-state index contributed by atoms with van der Waals surface area (Å²) in [5.41, 5.74) is 0. The van der Waals surface area contributed by atoms with Crippen molar-refractivity contribution in [2.75, 3.05) is 78.5 Å². The van der Waals surface area contributed by atoms with E-state index < -0.39 is 7.82 Å². The zero-order valence-corrected chi connectivity index (χ0v) is 14.3. The molecule has 0 atom stereocenters. The third kappa shape index (κ3) is 5.71. The lowest BCUT2D eigenvalue weighted by molar-refractivity contribution is -0.191. The second-order valence-electron chi connectivity index (χ2n) is 5.73. The number of phosphoric acid groups is 1. The van der Waals surface area contributed by atoms with Gasteiger partial charge in [-0.1, -0.05) is 0 Å². The van der Waals surface area contributed by atoms with Crippen molar-refractivity contribution < 1.29 is 18.4 Å². The lowest BCUT2D eigenvalue weighted by Gasteiger charge is -2.35. The zero-order valence-electron chi connectivity index (χ0n) is 13.4. The fourth-order valence-corrected chi connectivity index (χ4v) is 4.07. The van der Waals surface area contributed by atoms with Crippen LogP contribution in [0.5, 0.6) is 0 Å². The molecule has 0 radical (unpaired) electrons. The van der Waals surface area contributed by atoms with Crippen LogP contribution in [0.4, 0.5) is 0 Å². The molecule has 0 aromatic heterocycles. The van der Waals surface area contributed by atoms with Gasteiger partial charge >= 0.3 is 7.82 Å². The van der Waals surface area contributed by atoms with E-state index in [0.717, 1.165) is 39.3 Å². The number of hydroxylamine groups is 6. The average molecular weight is 350 g/mol. The van der Waals surface area contributed by atoms with Gasteiger partial charge in [0.25, 0.3) is 0 Å². The number of hydrogen-bond acceptors (Lipinski definition) is 10. The second-order valence-corrected chi connectivity index (χ2v) is 7.11. The summed E-state index contributed by atoms with van der Waals surface area (Å²) in [7, 11) is -3.73. The third-order valence-electron chi connectivity index (χ3n) is 3.87. The fraction of sp³-hybridized carbons (Fsp3) is 1.00. The Hall–Kier alpha value is -0.130. The van der Waals surface area contributed by atoms with Crippen molar-refractivity contribution in [3.63, 3.8) is 0 Å². The maximum atomic E-state index is 13.2. The molecule has 3 aliphatic rings. The topological polar surface area (TPSA) is 90.6 Å². The molecule has 3 N–H and O–H groups in total. The number of hydrogen-bond donors (Lipinski definition) is 3. The maximum Gasteiger partial charge on any atom is 0.525 e. The Morgan fingerprint density at radius 2 is 0.826 bits per heavy atom. The van der Waals surface area contributed by atoms with Crippen LogP contribution < -0.4 is 16.0 Å². The molecule has 0 aliphatic carbocycles. The van der Waals surface area contributed by atoms with Crippen molar-refractivity contribution in [1.82, 2.24) is 31.1 Å². The highest BCUT2D eigenvalue weighted by Crippen LogP contribution is 2.52. The standard InChI is InChI=1S/C12H27N6O4P/c19-23(20-16-7-1-13-2-8-16,21-17-9-3-14-4-10-17)22-18-11-5-15-6-12-18/h13-15H,1-12H2. The van der Waals surface area contributed by atoms with Gasteiger partial charge in [0.05, 0.1) is 0 Å². The molecule has 0 saturated carbocycles. The normalized spacial score (nSPS) is 26.4. The lowest BCUT2D eigenvalue weighted by Crippen LogP contribution is -2.47. The van der Waals surface area contributed by atoms with Gasteiger partial charge in [0.1, 0.15) is 0 Å². The average Bonchev–Trinajstić information content (AvgIpc) is 2.57. The van der Waals surface area contributed by atoms with Gasteiger partial charge in [-0.3, -0.25) is 0 Å². The van der Waals surface area contributed by atoms with E-state index in [4.69, 9.17) is 13.9 Å². The summed E-state index contributed by atoms with van der Waals surface area (Å²) in [6.07, 6.45) is 0. The molecule has 10 nitrogen and oxygen atoms in total. The predicted octanol–water partition coefficient (Wildman–Crippen LogP) is -1.40. The highest BCUT2D eigenvalue weighted by atomic mass is 31.2. The Kier molecular flexibility index (Phi) is 6.78. The van der Waals surface area contributed by atoms with Gasteiger partial charge in [0, 0.05) is 78.5 Å². The monoisotopic (exact) mass is 350 g/mol. The molecule has 11 heteroatoms. The maximum absolute atomic E-state index is 13.2. The highest BCUT2D eigenvalue weighted by molar-refractivity contribution is 7.48. The Morgan fingerprint density at radius 3 is 1.09 bits per heavy atom. The summed E-state index contributed by atoms with van der Waals surface area (Å²) >= 11 is 0. The van der Waals surface area contributed by atoms with E-state index in [1.54, 1.807) is 15.2 Å². The summed E-state index contributed by atoms with van der Waals surface area (Å²) in [6, 6.07) is 0. The van der Waals surface area contributed by atoms with Gasteiger partial charge < -0.3 is 16.0 Å². The first-order valence-electron chi connectivity index (χ1n) is 8.30. The van der Waals surface area contributed by atoms with E-state index in [1.807, 2.05) is 0 Å². The zero-order chi connectivity index (χ0) is 16.0. The molecule has 3 saturated heterocycles. The van der Waals surface area contributed by atoms with E-state index >= 15 is 0 Å². The number of piperazine rings is 3. The predicted molar refractivity (Wildman–Crippen MR) is 84.2 cm³/mol. The molecular weight excluding hydrogens is 323 g/mol. The first kappa shape index (κ1) is 17.7. The molecule has 3 fully saturated rings. The van der Waals surface area contributed by atoms with Crippen molar-refractivity contribution >= 4 is 7.82 Å². The molecule has 0 bridgehead atoms. The Morgan fingerprint density at radius 1 is 0.565 bits per heavy atom. The van der Waals surface area contributed by atoms with Crippen molar-refractivity contribution in [2.45, 2.75) is 0 Å². The Balaban J connectivity index is 1.61. The Bertz CT molecular complexity index is 342. The molecule has 0 spiro atoms. The molecule has 3 aliphatic heterocycles. The van der Waals surface area contributed by atoms with Gasteiger partial charge in [0.2, 0.25) is 0 Å². The van der Waals surface area contributed by atoms with Crippen LogP contribution in [0.25, 0.3) is 0 Å². The summed E-state index contributed by atoms with van der Waals surface area (Å²) < 4.78 is 30.2. The van der Waals surface area contributed by atoms with E-state index in [-0.39, 0.29) is 0 Å². The first-order valence-corrected chi connectivity index (χ1v) is 9.76. The van der Waals surface area contributed by atoms with E-state index in [9.17, 15) is 4.57 Å². The van der Waals surface area contributed by atoms with Crippen LogP contribution in [-0.4, -0.2) is 93.7 Å². The van der Waals surface area contributed by atoms with Crippen LogP contribution in [0.1, 0.15) is 0 Å². The largest absolute Gasteiger partial charge is 0.525 e. The molecule has 0 aromatic carbocycles. The van der Waals surface area contributed by atoms with Crippen LogP contribution >= 0.6 is 7.82 Å². The molecule has 134 valence electrons. The van der Waals surface area contributed by atoms with Crippen molar-refractivity contribution in [2.24, 2.45) is 0 Å². The van der Waals surface area contributed by atoms with Crippen molar-refractivity contribution in [3.8, 4) is 0 Å².